The highest BCUT2D eigenvalue weighted by atomic mass is 35.5. The first-order valence-corrected chi connectivity index (χ1v) is 8.47. The fourth-order valence-electron chi connectivity index (χ4n) is 2.09. The van der Waals surface area contributed by atoms with Crippen molar-refractivity contribution in [2.45, 2.75) is 24.3 Å². The third-order valence-electron chi connectivity index (χ3n) is 3.18. The summed E-state index contributed by atoms with van der Waals surface area (Å²) in [7, 11) is -3.66. The summed E-state index contributed by atoms with van der Waals surface area (Å²) in [6, 6.07) is 14.1. The highest BCUT2D eigenvalue weighted by Gasteiger charge is 2.11. The highest BCUT2D eigenvalue weighted by Crippen LogP contribution is 2.25. The Kier molecular flexibility index (Phi) is 4.88. The van der Waals surface area contributed by atoms with Crippen LogP contribution in [0.5, 0.6) is 0 Å². The summed E-state index contributed by atoms with van der Waals surface area (Å²) in [6.07, 6.45) is 0.872. The molecule has 2 aromatic rings. The molecule has 0 fully saturated rings. The zero-order valence-electron chi connectivity index (χ0n) is 11.6. The van der Waals surface area contributed by atoms with E-state index in [-0.39, 0.29) is 10.9 Å². The summed E-state index contributed by atoms with van der Waals surface area (Å²) >= 11 is 6.01. The molecule has 0 aliphatic carbocycles. The Morgan fingerprint density at radius 1 is 1.19 bits per heavy atom. The van der Waals surface area contributed by atoms with Gasteiger partial charge in [-0.05, 0) is 48.4 Å². The van der Waals surface area contributed by atoms with Gasteiger partial charge in [-0.1, -0.05) is 30.7 Å². The van der Waals surface area contributed by atoms with Crippen molar-refractivity contribution < 1.29 is 8.42 Å². The maximum absolute atomic E-state index is 11.2. The smallest absolute Gasteiger partial charge is 0.238 e. The molecule has 0 aliphatic heterocycles. The zero-order valence-corrected chi connectivity index (χ0v) is 13.2. The van der Waals surface area contributed by atoms with Crippen LogP contribution in [0.1, 0.15) is 24.9 Å². The third-order valence-corrected chi connectivity index (χ3v) is 4.35. The van der Waals surface area contributed by atoms with Gasteiger partial charge in [-0.2, -0.15) is 0 Å². The summed E-state index contributed by atoms with van der Waals surface area (Å²) in [5.41, 5.74) is 1.91. The lowest BCUT2D eigenvalue weighted by Crippen LogP contribution is -2.13. The molecule has 0 aromatic heterocycles. The van der Waals surface area contributed by atoms with Crippen molar-refractivity contribution in [3.63, 3.8) is 0 Å². The van der Waals surface area contributed by atoms with Gasteiger partial charge in [0.15, 0.2) is 0 Å². The maximum Gasteiger partial charge on any atom is 0.238 e. The second-order valence-electron chi connectivity index (χ2n) is 4.73. The molecule has 0 spiro atoms. The van der Waals surface area contributed by atoms with Gasteiger partial charge in [-0.25, -0.2) is 13.6 Å². The molecule has 21 heavy (non-hydrogen) atoms. The molecule has 2 aromatic carbocycles. The third kappa shape index (κ3) is 4.20. The van der Waals surface area contributed by atoms with Gasteiger partial charge < -0.3 is 5.32 Å². The van der Waals surface area contributed by atoms with Gasteiger partial charge in [0.2, 0.25) is 10.0 Å². The molecule has 112 valence electrons. The van der Waals surface area contributed by atoms with E-state index in [1.54, 1.807) is 12.1 Å². The number of halogens is 1. The highest BCUT2D eigenvalue weighted by molar-refractivity contribution is 7.89. The predicted molar refractivity (Wildman–Crippen MR) is 85.9 cm³/mol. The molecule has 4 nitrogen and oxygen atoms in total. The normalized spacial score (nSPS) is 12.9. The summed E-state index contributed by atoms with van der Waals surface area (Å²) in [5, 5.41) is 9.13. The van der Waals surface area contributed by atoms with Crippen LogP contribution in [-0.2, 0) is 10.0 Å². The molecular weight excluding hydrogens is 308 g/mol. The molecule has 0 heterocycles. The Hall–Kier alpha value is -1.56. The van der Waals surface area contributed by atoms with E-state index in [1.165, 1.54) is 12.1 Å². The van der Waals surface area contributed by atoms with E-state index in [4.69, 9.17) is 16.7 Å². The summed E-state index contributed by atoms with van der Waals surface area (Å²) in [4.78, 5) is 0.101. The minimum atomic E-state index is -3.66. The molecule has 3 N–H and O–H groups in total. The molecule has 0 bridgehead atoms. The number of sulfonamides is 1. The SMILES string of the molecule is CCC(Nc1ccc(S(N)(=O)=O)cc1)c1cccc(Cl)c1. The van der Waals surface area contributed by atoms with Gasteiger partial charge in [-0.3, -0.25) is 0 Å². The van der Waals surface area contributed by atoms with Gasteiger partial charge in [0.05, 0.1) is 10.9 Å². The molecule has 0 amide bonds. The topological polar surface area (TPSA) is 72.2 Å². The number of hydrogen-bond donors (Lipinski definition) is 2. The van der Waals surface area contributed by atoms with Crippen molar-refractivity contribution in [2.24, 2.45) is 5.14 Å². The Morgan fingerprint density at radius 2 is 1.86 bits per heavy atom. The monoisotopic (exact) mass is 324 g/mol. The van der Waals surface area contributed by atoms with Crippen molar-refractivity contribution in [1.29, 1.82) is 0 Å². The maximum atomic E-state index is 11.2. The van der Waals surface area contributed by atoms with Crippen molar-refractivity contribution in [3.05, 3.63) is 59.1 Å². The summed E-state index contributed by atoms with van der Waals surface area (Å²) < 4.78 is 22.4. The van der Waals surface area contributed by atoms with Crippen molar-refractivity contribution in [1.82, 2.24) is 0 Å². The van der Waals surface area contributed by atoms with E-state index < -0.39 is 10.0 Å². The fourth-order valence-corrected chi connectivity index (χ4v) is 2.80. The van der Waals surface area contributed by atoms with Crippen molar-refractivity contribution >= 4 is 27.3 Å². The fraction of sp³-hybridized carbons (Fsp3) is 0.200. The largest absolute Gasteiger partial charge is 0.378 e. The van der Waals surface area contributed by atoms with E-state index in [0.717, 1.165) is 17.7 Å². The molecule has 1 unspecified atom stereocenters. The summed E-state index contributed by atoms with van der Waals surface area (Å²) in [6.45, 7) is 2.07. The van der Waals surface area contributed by atoms with Crippen LogP contribution >= 0.6 is 11.6 Å². The van der Waals surface area contributed by atoms with E-state index in [2.05, 4.69) is 12.2 Å². The summed E-state index contributed by atoms with van der Waals surface area (Å²) in [5.74, 6) is 0. The first-order chi connectivity index (χ1) is 9.90. The second-order valence-corrected chi connectivity index (χ2v) is 6.73. The Bertz CT molecular complexity index is 715. The minimum absolute atomic E-state index is 0.101. The van der Waals surface area contributed by atoms with E-state index >= 15 is 0 Å². The number of anilines is 1. The average Bonchev–Trinajstić information content (AvgIpc) is 2.44. The van der Waals surface area contributed by atoms with Crippen LogP contribution in [0.25, 0.3) is 0 Å². The predicted octanol–water partition coefficient (Wildman–Crippen LogP) is 3.55. The van der Waals surface area contributed by atoms with Crippen LogP contribution in [-0.4, -0.2) is 8.42 Å². The first-order valence-electron chi connectivity index (χ1n) is 6.55. The van der Waals surface area contributed by atoms with Crippen LogP contribution in [0.3, 0.4) is 0 Å². The van der Waals surface area contributed by atoms with Crippen LogP contribution in [0.4, 0.5) is 5.69 Å². The number of primary sulfonamides is 1. The Balaban J connectivity index is 2.19. The van der Waals surface area contributed by atoms with E-state index in [0.29, 0.717) is 5.02 Å². The van der Waals surface area contributed by atoms with Crippen LogP contribution < -0.4 is 10.5 Å². The lowest BCUT2D eigenvalue weighted by molar-refractivity contribution is 0.598. The molecule has 0 saturated carbocycles. The van der Waals surface area contributed by atoms with Crippen LogP contribution in [0.15, 0.2) is 53.4 Å². The van der Waals surface area contributed by atoms with Crippen molar-refractivity contribution in [3.8, 4) is 0 Å². The molecule has 1 atom stereocenters. The minimum Gasteiger partial charge on any atom is -0.378 e. The number of hydrogen-bond acceptors (Lipinski definition) is 3. The standard InChI is InChI=1S/C15H17ClN2O2S/c1-2-15(11-4-3-5-12(16)10-11)18-13-6-8-14(9-7-13)21(17,19)20/h3-10,15,18H,2H2,1H3,(H2,17,19,20). The van der Waals surface area contributed by atoms with Crippen LogP contribution in [0.2, 0.25) is 5.02 Å². The van der Waals surface area contributed by atoms with Gasteiger partial charge >= 0.3 is 0 Å². The number of nitrogens with two attached hydrogens (primary N) is 1. The van der Waals surface area contributed by atoms with E-state index in [1.807, 2.05) is 24.3 Å². The van der Waals surface area contributed by atoms with Crippen LogP contribution in [0, 0.1) is 0 Å². The van der Waals surface area contributed by atoms with Gasteiger partial charge in [0.1, 0.15) is 0 Å². The zero-order chi connectivity index (χ0) is 15.5. The Labute approximate surface area is 130 Å². The first kappa shape index (κ1) is 15.8. The quantitative estimate of drug-likeness (QED) is 0.883. The number of rotatable bonds is 5. The van der Waals surface area contributed by atoms with Gasteiger partial charge in [-0.15, -0.1) is 0 Å². The molecule has 2 rings (SSSR count). The molecule has 0 radical (unpaired) electrons. The average molecular weight is 325 g/mol. The van der Waals surface area contributed by atoms with Gasteiger partial charge in [0.25, 0.3) is 0 Å². The van der Waals surface area contributed by atoms with E-state index in [9.17, 15) is 8.42 Å². The second kappa shape index (κ2) is 6.47. The lowest BCUT2D eigenvalue weighted by Gasteiger charge is -2.19. The molecule has 6 heteroatoms. The lowest BCUT2D eigenvalue weighted by atomic mass is 10.0. The Morgan fingerprint density at radius 3 is 2.38 bits per heavy atom. The molecule has 0 saturated heterocycles. The van der Waals surface area contributed by atoms with Gasteiger partial charge in [0, 0.05) is 10.7 Å². The number of benzene rings is 2. The molecule has 0 aliphatic rings. The van der Waals surface area contributed by atoms with Crippen molar-refractivity contribution in [2.75, 3.05) is 5.32 Å². The number of nitrogens with one attached hydrogen (secondary N) is 1. The molecular formula is C15H17ClN2O2S.